The van der Waals surface area contributed by atoms with Crippen LogP contribution in [-0.2, 0) is 26.2 Å². The SMILES string of the molecule is CCNC(=O)[C@H](C)N(Cc1cccc(OC)c1)C(=O)CN(c1ccccc1)S(=O)(=O)c1ccccc1. The van der Waals surface area contributed by atoms with E-state index in [2.05, 4.69) is 5.32 Å². The summed E-state index contributed by atoms with van der Waals surface area (Å²) in [6.07, 6.45) is 0. The molecule has 0 aliphatic rings. The summed E-state index contributed by atoms with van der Waals surface area (Å²) >= 11 is 0. The molecule has 3 aromatic rings. The number of carbonyl (C=O) groups excluding carboxylic acids is 2. The van der Waals surface area contributed by atoms with Gasteiger partial charge in [-0.2, -0.15) is 0 Å². The Morgan fingerprint density at radius 1 is 0.944 bits per heavy atom. The second-order valence-electron chi connectivity index (χ2n) is 8.10. The molecular formula is C27H31N3O5S. The van der Waals surface area contributed by atoms with Gasteiger partial charge in [-0.3, -0.25) is 13.9 Å². The molecule has 0 unspecified atom stereocenters. The van der Waals surface area contributed by atoms with Gasteiger partial charge in [-0.25, -0.2) is 8.42 Å². The highest BCUT2D eigenvalue weighted by atomic mass is 32.2. The van der Waals surface area contributed by atoms with Crippen LogP contribution in [-0.4, -0.2) is 51.4 Å². The summed E-state index contributed by atoms with van der Waals surface area (Å²) in [6.45, 7) is 3.45. The zero-order chi connectivity index (χ0) is 26.1. The molecule has 9 heteroatoms. The van der Waals surface area contributed by atoms with Gasteiger partial charge in [0.2, 0.25) is 11.8 Å². The highest BCUT2D eigenvalue weighted by Gasteiger charge is 2.32. The Hall–Kier alpha value is -3.85. The molecule has 1 atom stereocenters. The van der Waals surface area contributed by atoms with E-state index in [1.165, 1.54) is 17.0 Å². The molecule has 1 N–H and O–H groups in total. The van der Waals surface area contributed by atoms with Crippen molar-refractivity contribution < 1.29 is 22.7 Å². The lowest BCUT2D eigenvalue weighted by Gasteiger charge is -2.32. The summed E-state index contributed by atoms with van der Waals surface area (Å²) in [5.74, 6) is -0.228. The van der Waals surface area contributed by atoms with Crippen molar-refractivity contribution in [2.45, 2.75) is 31.3 Å². The second kappa shape index (κ2) is 12.2. The summed E-state index contributed by atoms with van der Waals surface area (Å²) in [5.41, 5.74) is 1.10. The number of benzene rings is 3. The maximum Gasteiger partial charge on any atom is 0.264 e. The highest BCUT2D eigenvalue weighted by molar-refractivity contribution is 7.92. The molecule has 36 heavy (non-hydrogen) atoms. The minimum atomic E-state index is -4.06. The molecule has 8 nitrogen and oxygen atoms in total. The van der Waals surface area contributed by atoms with E-state index in [0.29, 0.717) is 18.0 Å². The van der Waals surface area contributed by atoms with Crippen molar-refractivity contribution in [2.24, 2.45) is 0 Å². The van der Waals surface area contributed by atoms with Crippen LogP contribution in [0.2, 0.25) is 0 Å². The predicted octanol–water partition coefficient (Wildman–Crippen LogP) is 3.44. The van der Waals surface area contributed by atoms with E-state index < -0.39 is 28.5 Å². The Balaban J connectivity index is 1.99. The number of likely N-dealkylation sites (N-methyl/N-ethyl adjacent to an activating group) is 1. The monoisotopic (exact) mass is 509 g/mol. The van der Waals surface area contributed by atoms with E-state index in [9.17, 15) is 18.0 Å². The van der Waals surface area contributed by atoms with E-state index in [1.54, 1.807) is 87.7 Å². The van der Waals surface area contributed by atoms with Gasteiger partial charge in [-0.1, -0.05) is 48.5 Å². The maximum atomic E-state index is 13.7. The van der Waals surface area contributed by atoms with Crippen molar-refractivity contribution in [1.82, 2.24) is 10.2 Å². The van der Waals surface area contributed by atoms with Gasteiger partial charge in [0.05, 0.1) is 17.7 Å². The summed E-state index contributed by atoms with van der Waals surface area (Å²) in [6, 6.07) is 22.8. The molecule has 3 aromatic carbocycles. The number of sulfonamides is 1. The van der Waals surface area contributed by atoms with Crippen molar-refractivity contribution in [3.8, 4) is 5.75 Å². The van der Waals surface area contributed by atoms with Gasteiger partial charge >= 0.3 is 0 Å². The number of amides is 2. The highest BCUT2D eigenvalue weighted by Crippen LogP contribution is 2.24. The van der Waals surface area contributed by atoms with Gasteiger partial charge in [0.1, 0.15) is 18.3 Å². The molecule has 0 aliphatic heterocycles. The van der Waals surface area contributed by atoms with Crippen LogP contribution in [0.4, 0.5) is 5.69 Å². The van der Waals surface area contributed by atoms with Gasteiger partial charge in [-0.05, 0) is 55.8 Å². The van der Waals surface area contributed by atoms with Crippen LogP contribution < -0.4 is 14.4 Å². The fourth-order valence-corrected chi connectivity index (χ4v) is 5.15. The van der Waals surface area contributed by atoms with Gasteiger partial charge in [0.25, 0.3) is 10.0 Å². The average molecular weight is 510 g/mol. The number of para-hydroxylation sites is 1. The molecule has 3 rings (SSSR count). The number of hydrogen-bond donors (Lipinski definition) is 1. The van der Waals surface area contributed by atoms with Crippen molar-refractivity contribution in [3.05, 3.63) is 90.5 Å². The standard InChI is InChI=1S/C27H31N3O5S/c1-4-28-27(32)21(2)29(19-22-12-11-15-24(18-22)35-3)26(31)20-30(23-13-7-5-8-14-23)36(33,34)25-16-9-6-10-17-25/h5-18,21H,4,19-20H2,1-3H3,(H,28,32)/t21-/m0/s1. The normalized spacial score (nSPS) is 11.9. The summed E-state index contributed by atoms with van der Waals surface area (Å²) < 4.78 is 33.6. The van der Waals surface area contributed by atoms with Gasteiger partial charge in [0, 0.05) is 13.1 Å². The van der Waals surface area contributed by atoms with Crippen LogP contribution in [0, 0.1) is 0 Å². The number of hydrogen-bond acceptors (Lipinski definition) is 5. The lowest BCUT2D eigenvalue weighted by Crippen LogP contribution is -2.51. The number of anilines is 1. The average Bonchev–Trinajstić information content (AvgIpc) is 2.91. The number of methoxy groups -OCH3 is 1. The lowest BCUT2D eigenvalue weighted by molar-refractivity contribution is -0.139. The quantitative estimate of drug-likeness (QED) is 0.427. The third kappa shape index (κ3) is 6.42. The Labute approximate surface area is 212 Å². The zero-order valence-electron chi connectivity index (χ0n) is 20.6. The third-order valence-electron chi connectivity index (χ3n) is 5.66. The summed E-state index contributed by atoms with van der Waals surface area (Å²) in [7, 11) is -2.51. The molecule has 0 bridgehead atoms. The van der Waals surface area contributed by atoms with Crippen molar-refractivity contribution >= 4 is 27.5 Å². The van der Waals surface area contributed by atoms with Crippen LogP contribution in [0.3, 0.4) is 0 Å². The smallest absolute Gasteiger partial charge is 0.264 e. The van der Waals surface area contributed by atoms with Crippen LogP contribution >= 0.6 is 0 Å². The van der Waals surface area contributed by atoms with Gasteiger partial charge in [0.15, 0.2) is 0 Å². The molecule has 0 radical (unpaired) electrons. The fraction of sp³-hybridized carbons (Fsp3) is 0.259. The third-order valence-corrected chi connectivity index (χ3v) is 7.45. The van der Waals surface area contributed by atoms with Crippen LogP contribution in [0.5, 0.6) is 5.75 Å². The Bertz CT molecular complexity index is 1270. The topological polar surface area (TPSA) is 96.0 Å². The minimum Gasteiger partial charge on any atom is -0.497 e. The molecule has 0 aromatic heterocycles. The van der Waals surface area contributed by atoms with E-state index in [-0.39, 0.29) is 17.3 Å². The maximum absolute atomic E-state index is 13.7. The number of rotatable bonds is 11. The number of ether oxygens (including phenoxy) is 1. The number of carbonyl (C=O) groups is 2. The van der Waals surface area contributed by atoms with E-state index >= 15 is 0 Å². The van der Waals surface area contributed by atoms with Gasteiger partial charge < -0.3 is 15.0 Å². The molecular weight excluding hydrogens is 478 g/mol. The van der Waals surface area contributed by atoms with Crippen molar-refractivity contribution in [3.63, 3.8) is 0 Å². The Morgan fingerprint density at radius 2 is 1.58 bits per heavy atom. The van der Waals surface area contributed by atoms with E-state index in [4.69, 9.17) is 4.74 Å². The number of nitrogens with one attached hydrogen (secondary N) is 1. The molecule has 0 saturated carbocycles. The molecule has 0 fully saturated rings. The minimum absolute atomic E-state index is 0.0674. The summed E-state index contributed by atoms with van der Waals surface area (Å²) in [4.78, 5) is 27.9. The summed E-state index contributed by atoms with van der Waals surface area (Å²) in [5, 5.41) is 2.74. The first-order valence-electron chi connectivity index (χ1n) is 11.6. The van der Waals surface area contributed by atoms with E-state index in [0.717, 1.165) is 9.87 Å². The van der Waals surface area contributed by atoms with Crippen molar-refractivity contribution in [2.75, 3.05) is 24.5 Å². The van der Waals surface area contributed by atoms with E-state index in [1.807, 2.05) is 6.07 Å². The number of nitrogens with zero attached hydrogens (tertiary/aromatic N) is 2. The first kappa shape index (κ1) is 26.7. The Kier molecular flexibility index (Phi) is 9.08. The molecule has 0 saturated heterocycles. The van der Waals surface area contributed by atoms with Crippen LogP contribution in [0.1, 0.15) is 19.4 Å². The second-order valence-corrected chi connectivity index (χ2v) is 9.97. The molecule has 0 heterocycles. The first-order valence-corrected chi connectivity index (χ1v) is 13.0. The van der Waals surface area contributed by atoms with Gasteiger partial charge in [-0.15, -0.1) is 0 Å². The predicted molar refractivity (Wildman–Crippen MR) is 139 cm³/mol. The molecule has 190 valence electrons. The van der Waals surface area contributed by atoms with Crippen molar-refractivity contribution in [1.29, 1.82) is 0 Å². The molecule has 0 aliphatic carbocycles. The molecule has 0 spiro atoms. The van der Waals surface area contributed by atoms with Crippen LogP contribution in [0.15, 0.2) is 89.8 Å². The lowest BCUT2D eigenvalue weighted by atomic mass is 10.1. The first-order chi connectivity index (χ1) is 17.3. The molecule has 2 amide bonds. The largest absolute Gasteiger partial charge is 0.497 e. The fourth-order valence-electron chi connectivity index (χ4n) is 3.71. The van der Waals surface area contributed by atoms with Crippen LogP contribution in [0.25, 0.3) is 0 Å². The zero-order valence-corrected chi connectivity index (χ0v) is 21.4. The Morgan fingerprint density at radius 3 is 2.19 bits per heavy atom.